The van der Waals surface area contributed by atoms with Gasteiger partial charge < -0.3 is 14.9 Å². The number of anilines is 1. The third-order valence-electron chi connectivity index (χ3n) is 4.68. The van der Waals surface area contributed by atoms with Crippen LogP contribution in [0.25, 0.3) is 0 Å². The summed E-state index contributed by atoms with van der Waals surface area (Å²) < 4.78 is 0. The highest BCUT2D eigenvalue weighted by molar-refractivity contribution is 6.30. The minimum Gasteiger partial charge on any atom is -0.395 e. The van der Waals surface area contributed by atoms with Crippen LogP contribution >= 0.6 is 11.6 Å². The van der Waals surface area contributed by atoms with Crippen molar-refractivity contribution in [1.29, 1.82) is 0 Å². The fourth-order valence-corrected chi connectivity index (χ4v) is 3.42. The van der Waals surface area contributed by atoms with Crippen LogP contribution in [0.5, 0.6) is 0 Å². The standard InChI is InChI=1S/C17H23ClN4O3/c18-14-2-1-3-15(12-14)22-9-8-21(17(22)25)13-16(24)20-6-4-19(5-7-20)10-11-23/h1-3,12,23H,4-11,13H2. The van der Waals surface area contributed by atoms with Gasteiger partial charge in [-0.15, -0.1) is 0 Å². The van der Waals surface area contributed by atoms with Crippen LogP contribution in [0, 0.1) is 0 Å². The van der Waals surface area contributed by atoms with Crippen LogP contribution in [0.15, 0.2) is 24.3 Å². The Morgan fingerprint density at radius 1 is 1.12 bits per heavy atom. The number of hydrogen-bond acceptors (Lipinski definition) is 4. The molecule has 25 heavy (non-hydrogen) atoms. The average molecular weight is 367 g/mol. The van der Waals surface area contributed by atoms with E-state index in [-0.39, 0.29) is 25.1 Å². The molecule has 0 spiro atoms. The number of aliphatic hydroxyl groups excluding tert-OH is 1. The van der Waals surface area contributed by atoms with E-state index in [1.807, 2.05) is 12.1 Å². The van der Waals surface area contributed by atoms with Gasteiger partial charge >= 0.3 is 6.03 Å². The van der Waals surface area contributed by atoms with Gasteiger partial charge in [-0.25, -0.2) is 4.79 Å². The lowest BCUT2D eigenvalue weighted by molar-refractivity contribution is -0.133. The van der Waals surface area contributed by atoms with Crippen LogP contribution in [0.4, 0.5) is 10.5 Å². The Hall–Kier alpha value is -1.83. The normalized spacial score (nSPS) is 19.0. The lowest BCUT2D eigenvalue weighted by atomic mass is 10.3. The first kappa shape index (κ1) is 18.0. The summed E-state index contributed by atoms with van der Waals surface area (Å²) in [6.07, 6.45) is 0. The second-order valence-corrected chi connectivity index (χ2v) is 6.72. The van der Waals surface area contributed by atoms with Gasteiger partial charge in [0.2, 0.25) is 5.91 Å². The molecule has 2 heterocycles. The number of hydrogen-bond donors (Lipinski definition) is 1. The summed E-state index contributed by atoms with van der Waals surface area (Å²) in [7, 11) is 0. The van der Waals surface area contributed by atoms with Crippen LogP contribution < -0.4 is 4.90 Å². The Morgan fingerprint density at radius 3 is 2.56 bits per heavy atom. The summed E-state index contributed by atoms with van der Waals surface area (Å²) >= 11 is 6.00. The topological polar surface area (TPSA) is 67.3 Å². The zero-order valence-corrected chi connectivity index (χ0v) is 14.9. The zero-order chi connectivity index (χ0) is 17.8. The summed E-state index contributed by atoms with van der Waals surface area (Å²) in [6, 6.07) is 7.02. The van der Waals surface area contributed by atoms with Crippen molar-refractivity contribution in [2.75, 3.05) is 63.9 Å². The monoisotopic (exact) mass is 366 g/mol. The van der Waals surface area contributed by atoms with Gasteiger partial charge in [-0.3, -0.25) is 14.6 Å². The van der Waals surface area contributed by atoms with Gasteiger partial charge in [0, 0.05) is 56.5 Å². The average Bonchev–Trinajstić information content (AvgIpc) is 2.96. The van der Waals surface area contributed by atoms with Crippen LogP contribution in [0.2, 0.25) is 5.02 Å². The first-order chi connectivity index (χ1) is 12.1. The molecule has 0 saturated carbocycles. The first-order valence-electron chi connectivity index (χ1n) is 8.51. The summed E-state index contributed by atoms with van der Waals surface area (Å²) in [5.74, 6) is -0.0232. The number of carbonyl (C=O) groups is 2. The van der Waals surface area contributed by atoms with Crippen LogP contribution in [-0.2, 0) is 4.79 Å². The van der Waals surface area contributed by atoms with Crippen molar-refractivity contribution in [3.8, 4) is 0 Å². The minimum absolute atomic E-state index is 0.0232. The van der Waals surface area contributed by atoms with Crippen molar-refractivity contribution in [2.24, 2.45) is 0 Å². The molecule has 0 unspecified atom stereocenters. The first-order valence-corrected chi connectivity index (χ1v) is 8.89. The number of urea groups is 1. The van der Waals surface area contributed by atoms with Crippen molar-refractivity contribution in [3.63, 3.8) is 0 Å². The van der Waals surface area contributed by atoms with Gasteiger partial charge in [-0.2, -0.15) is 0 Å². The molecule has 2 aliphatic rings. The summed E-state index contributed by atoms with van der Waals surface area (Å²) in [5, 5.41) is 9.55. The molecule has 3 rings (SSSR count). The molecule has 2 saturated heterocycles. The molecular formula is C17H23ClN4O3. The lowest BCUT2D eigenvalue weighted by Crippen LogP contribution is -2.52. The van der Waals surface area contributed by atoms with Gasteiger partial charge in [-0.05, 0) is 18.2 Å². The van der Waals surface area contributed by atoms with E-state index in [1.165, 1.54) is 0 Å². The molecule has 1 aromatic rings. The molecule has 3 amide bonds. The molecule has 0 bridgehead atoms. The summed E-state index contributed by atoms with van der Waals surface area (Å²) in [6.45, 7) is 4.76. The Bertz CT molecular complexity index is 634. The molecule has 2 fully saturated rings. The molecule has 0 radical (unpaired) electrons. The molecule has 136 valence electrons. The van der Waals surface area contributed by atoms with Crippen molar-refractivity contribution >= 4 is 29.2 Å². The van der Waals surface area contributed by atoms with Gasteiger partial charge in [0.15, 0.2) is 0 Å². The van der Waals surface area contributed by atoms with Gasteiger partial charge in [-0.1, -0.05) is 17.7 Å². The maximum absolute atomic E-state index is 12.6. The van der Waals surface area contributed by atoms with Gasteiger partial charge in [0.25, 0.3) is 0 Å². The number of amides is 3. The van der Waals surface area contributed by atoms with E-state index in [1.54, 1.807) is 26.8 Å². The second kappa shape index (κ2) is 8.03. The van der Waals surface area contributed by atoms with Crippen LogP contribution in [0.3, 0.4) is 0 Å². The highest BCUT2D eigenvalue weighted by Crippen LogP contribution is 2.23. The molecule has 7 nitrogen and oxygen atoms in total. The summed E-state index contributed by atoms with van der Waals surface area (Å²) in [5.41, 5.74) is 0.755. The number of nitrogens with zero attached hydrogens (tertiary/aromatic N) is 4. The molecule has 1 N–H and O–H groups in total. The molecule has 8 heteroatoms. The predicted molar refractivity (Wildman–Crippen MR) is 95.9 cm³/mol. The number of aliphatic hydroxyl groups is 1. The number of carbonyl (C=O) groups excluding carboxylic acids is 2. The molecule has 0 aliphatic carbocycles. The zero-order valence-electron chi connectivity index (χ0n) is 14.1. The fraction of sp³-hybridized carbons (Fsp3) is 0.529. The smallest absolute Gasteiger partial charge is 0.325 e. The van der Waals surface area contributed by atoms with E-state index in [2.05, 4.69) is 4.90 Å². The predicted octanol–water partition coefficient (Wildman–Crippen LogP) is 0.718. The molecule has 2 aliphatic heterocycles. The summed E-state index contributed by atoms with van der Waals surface area (Å²) in [4.78, 5) is 32.2. The Balaban J connectivity index is 1.54. The van der Waals surface area contributed by atoms with Crippen molar-refractivity contribution < 1.29 is 14.7 Å². The van der Waals surface area contributed by atoms with E-state index >= 15 is 0 Å². The van der Waals surface area contributed by atoms with E-state index < -0.39 is 0 Å². The van der Waals surface area contributed by atoms with Crippen LogP contribution in [-0.4, -0.2) is 90.7 Å². The molecule has 0 aromatic heterocycles. The minimum atomic E-state index is -0.158. The third-order valence-corrected chi connectivity index (χ3v) is 4.92. The van der Waals surface area contributed by atoms with Crippen molar-refractivity contribution in [2.45, 2.75) is 0 Å². The number of rotatable bonds is 5. The molecule has 0 atom stereocenters. The van der Waals surface area contributed by atoms with Gasteiger partial charge in [0.05, 0.1) is 6.61 Å². The van der Waals surface area contributed by atoms with E-state index in [0.717, 1.165) is 18.8 Å². The maximum atomic E-state index is 12.6. The highest BCUT2D eigenvalue weighted by Gasteiger charge is 2.32. The van der Waals surface area contributed by atoms with Gasteiger partial charge in [0.1, 0.15) is 6.54 Å². The quantitative estimate of drug-likeness (QED) is 0.833. The van der Waals surface area contributed by atoms with Crippen molar-refractivity contribution in [3.05, 3.63) is 29.3 Å². The van der Waals surface area contributed by atoms with Crippen LogP contribution in [0.1, 0.15) is 0 Å². The van der Waals surface area contributed by atoms with E-state index in [0.29, 0.717) is 37.7 Å². The molecule has 1 aromatic carbocycles. The van der Waals surface area contributed by atoms with E-state index in [4.69, 9.17) is 16.7 Å². The number of piperazine rings is 1. The van der Waals surface area contributed by atoms with Crippen molar-refractivity contribution in [1.82, 2.24) is 14.7 Å². The highest BCUT2D eigenvalue weighted by atomic mass is 35.5. The Morgan fingerprint density at radius 2 is 1.88 bits per heavy atom. The van der Waals surface area contributed by atoms with E-state index in [9.17, 15) is 9.59 Å². The number of benzene rings is 1. The lowest BCUT2D eigenvalue weighted by Gasteiger charge is -2.35. The maximum Gasteiger partial charge on any atom is 0.325 e. The number of β-amino-alcohol motifs (C(OH)–C–C–N with tert-alkyl or cyclic N) is 1. The largest absolute Gasteiger partial charge is 0.395 e. The Kier molecular flexibility index (Phi) is 5.78. The second-order valence-electron chi connectivity index (χ2n) is 6.28. The Labute approximate surface area is 152 Å². The third kappa shape index (κ3) is 4.23. The molecular weight excluding hydrogens is 344 g/mol. The fourth-order valence-electron chi connectivity index (χ4n) is 3.24. The SMILES string of the molecule is O=C(CN1CCN(c2cccc(Cl)c2)C1=O)N1CCN(CCO)CC1. The number of halogens is 1.